The zero-order chi connectivity index (χ0) is 58.5. The Labute approximate surface area is 507 Å². The van der Waals surface area contributed by atoms with Crippen molar-refractivity contribution in [3.05, 3.63) is 24.3 Å². The van der Waals surface area contributed by atoms with E-state index in [-0.39, 0.29) is 18.5 Å². The van der Waals surface area contributed by atoms with E-state index in [0.717, 1.165) is 44.9 Å². The molecule has 0 heterocycles. The number of nitrogens with one attached hydrogen (secondary N) is 1. The van der Waals surface area contributed by atoms with Crippen LogP contribution in [0.3, 0.4) is 0 Å². The van der Waals surface area contributed by atoms with Gasteiger partial charge in [0.25, 0.3) is 0 Å². The lowest BCUT2D eigenvalue weighted by Gasteiger charge is -2.20. The Morgan fingerprint density at radius 2 is 0.593 bits per heavy atom. The molecule has 0 aliphatic rings. The molecule has 480 valence electrons. The molecule has 0 aromatic heterocycles. The van der Waals surface area contributed by atoms with Gasteiger partial charge in [0.1, 0.15) is 0 Å². The highest BCUT2D eigenvalue weighted by atomic mass is 16.5. The van der Waals surface area contributed by atoms with E-state index >= 15 is 0 Å². The normalized spacial score (nSPS) is 12.6. The number of ether oxygens (including phenoxy) is 1. The van der Waals surface area contributed by atoms with Crippen LogP contribution in [0.15, 0.2) is 24.3 Å². The van der Waals surface area contributed by atoms with Crippen molar-refractivity contribution in [1.82, 2.24) is 5.32 Å². The van der Waals surface area contributed by atoms with Gasteiger partial charge in [-0.25, -0.2) is 0 Å². The molecule has 3 N–H and O–H groups in total. The fraction of sp³-hybridized carbons (Fsp3) is 0.920. The van der Waals surface area contributed by atoms with Gasteiger partial charge in [-0.1, -0.05) is 378 Å². The molecular weight excluding hydrogens is 995 g/mol. The molecule has 0 fully saturated rings. The van der Waals surface area contributed by atoms with Crippen LogP contribution >= 0.6 is 0 Å². The number of allylic oxidation sites excluding steroid dienone is 3. The topological polar surface area (TPSA) is 95.9 Å². The molecule has 0 saturated heterocycles. The van der Waals surface area contributed by atoms with E-state index in [0.29, 0.717) is 19.4 Å². The summed E-state index contributed by atoms with van der Waals surface area (Å²) < 4.78 is 5.47. The number of unbranched alkanes of at least 4 members (excludes halogenated alkanes) is 57. The number of carbonyl (C=O) groups is 2. The zero-order valence-electron chi connectivity index (χ0n) is 55.0. The summed E-state index contributed by atoms with van der Waals surface area (Å²) in [6, 6.07) is -0.625. The van der Waals surface area contributed by atoms with Crippen molar-refractivity contribution in [3.63, 3.8) is 0 Å². The first-order valence-corrected chi connectivity index (χ1v) is 37.1. The first kappa shape index (κ1) is 79.3. The van der Waals surface area contributed by atoms with Crippen LogP contribution in [0.1, 0.15) is 418 Å². The number of aliphatic hydroxyl groups is 2. The lowest BCUT2D eigenvalue weighted by atomic mass is 10.0. The van der Waals surface area contributed by atoms with Crippen LogP contribution in [0.5, 0.6) is 0 Å². The minimum Gasteiger partial charge on any atom is -0.466 e. The Hall–Kier alpha value is -1.66. The second-order valence-electron chi connectivity index (χ2n) is 25.6. The zero-order valence-corrected chi connectivity index (χ0v) is 55.0. The molecule has 0 bridgehead atoms. The maximum Gasteiger partial charge on any atom is 0.305 e. The Kier molecular flexibility index (Phi) is 69.4. The molecule has 81 heavy (non-hydrogen) atoms. The first-order valence-electron chi connectivity index (χ1n) is 37.1. The van der Waals surface area contributed by atoms with Crippen molar-refractivity contribution in [2.75, 3.05) is 13.2 Å². The average molecular weight is 1140 g/mol. The number of amides is 1. The van der Waals surface area contributed by atoms with Crippen molar-refractivity contribution in [3.8, 4) is 0 Å². The molecule has 0 radical (unpaired) electrons. The standard InChI is InChI=1S/C75H145NO5/c1-3-5-7-9-11-13-15-16-17-18-19-32-35-38-41-44-48-51-55-59-63-67-73(78)72(71-77)76-74(79)68-64-60-56-52-49-45-42-39-36-33-30-28-26-24-22-20-21-23-25-27-29-31-34-37-40-43-46-50-54-58-62-66-70-81-75(80)69-65-61-57-53-47-14-12-10-8-6-4-2/h10,12,63,67,72-73,77-78H,3-9,11,13-62,64-66,68-71H2,1-2H3,(H,76,79)/b12-10-,67-63+. The van der Waals surface area contributed by atoms with E-state index in [1.165, 1.54) is 347 Å². The molecule has 2 atom stereocenters. The van der Waals surface area contributed by atoms with Gasteiger partial charge >= 0.3 is 5.97 Å². The molecule has 0 aromatic rings. The molecule has 0 aliphatic heterocycles. The van der Waals surface area contributed by atoms with E-state index in [1.54, 1.807) is 6.08 Å². The van der Waals surface area contributed by atoms with Gasteiger partial charge < -0.3 is 20.3 Å². The minimum absolute atomic E-state index is 0.0104. The summed E-state index contributed by atoms with van der Waals surface area (Å²) in [5.41, 5.74) is 0. The predicted octanol–water partition coefficient (Wildman–Crippen LogP) is 24.1. The van der Waals surface area contributed by atoms with Crippen molar-refractivity contribution in [1.29, 1.82) is 0 Å². The highest BCUT2D eigenvalue weighted by Crippen LogP contribution is 2.19. The summed E-state index contributed by atoms with van der Waals surface area (Å²) in [7, 11) is 0. The molecule has 1 amide bonds. The molecule has 0 aliphatic carbocycles. The van der Waals surface area contributed by atoms with Gasteiger partial charge in [0.2, 0.25) is 5.91 Å². The van der Waals surface area contributed by atoms with Crippen LogP contribution in [-0.2, 0) is 14.3 Å². The number of esters is 1. The van der Waals surface area contributed by atoms with E-state index in [2.05, 4.69) is 31.3 Å². The van der Waals surface area contributed by atoms with Crippen molar-refractivity contribution < 1.29 is 24.5 Å². The van der Waals surface area contributed by atoms with Gasteiger partial charge in [0, 0.05) is 12.8 Å². The first-order chi connectivity index (χ1) is 40.0. The van der Waals surface area contributed by atoms with Crippen LogP contribution in [-0.4, -0.2) is 47.4 Å². The van der Waals surface area contributed by atoms with Crippen molar-refractivity contribution in [2.24, 2.45) is 0 Å². The summed E-state index contributed by atoms with van der Waals surface area (Å²) in [6.07, 6.45) is 90.0. The summed E-state index contributed by atoms with van der Waals surface area (Å²) in [4.78, 5) is 24.5. The second-order valence-corrected chi connectivity index (χ2v) is 25.6. The molecule has 2 unspecified atom stereocenters. The number of hydrogen-bond acceptors (Lipinski definition) is 5. The predicted molar refractivity (Wildman–Crippen MR) is 356 cm³/mol. The van der Waals surface area contributed by atoms with Gasteiger partial charge in [0.05, 0.1) is 25.4 Å². The van der Waals surface area contributed by atoms with E-state index in [9.17, 15) is 19.8 Å². The Morgan fingerprint density at radius 3 is 0.914 bits per heavy atom. The second kappa shape index (κ2) is 70.8. The third-order valence-electron chi connectivity index (χ3n) is 17.5. The van der Waals surface area contributed by atoms with Gasteiger partial charge in [-0.2, -0.15) is 0 Å². The van der Waals surface area contributed by atoms with E-state index in [4.69, 9.17) is 4.74 Å². The number of carbonyl (C=O) groups excluding carboxylic acids is 2. The van der Waals surface area contributed by atoms with Gasteiger partial charge in [-0.15, -0.1) is 0 Å². The van der Waals surface area contributed by atoms with Gasteiger partial charge in [0.15, 0.2) is 0 Å². The summed E-state index contributed by atoms with van der Waals surface area (Å²) in [5, 5.41) is 23.3. The van der Waals surface area contributed by atoms with Crippen molar-refractivity contribution >= 4 is 11.9 Å². The monoisotopic (exact) mass is 1140 g/mol. The minimum atomic E-state index is -0.842. The van der Waals surface area contributed by atoms with Crippen molar-refractivity contribution in [2.45, 2.75) is 431 Å². The van der Waals surface area contributed by atoms with Gasteiger partial charge in [-0.3, -0.25) is 9.59 Å². The Morgan fingerprint density at radius 1 is 0.333 bits per heavy atom. The van der Waals surface area contributed by atoms with Crippen LogP contribution in [0.2, 0.25) is 0 Å². The highest BCUT2D eigenvalue weighted by molar-refractivity contribution is 5.76. The smallest absolute Gasteiger partial charge is 0.305 e. The fourth-order valence-corrected chi connectivity index (χ4v) is 11.8. The third kappa shape index (κ3) is 67.3. The maximum atomic E-state index is 12.5. The molecule has 6 nitrogen and oxygen atoms in total. The summed E-state index contributed by atoms with van der Waals surface area (Å²) in [5.74, 6) is -0.0486. The molecule has 0 spiro atoms. The quantitative estimate of drug-likeness (QED) is 0.0320. The highest BCUT2D eigenvalue weighted by Gasteiger charge is 2.18. The van der Waals surface area contributed by atoms with Crippen LogP contribution < -0.4 is 5.32 Å². The molecule has 0 rings (SSSR count). The summed E-state index contributed by atoms with van der Waals surface area (Å²) >= 11 is 0. The van der Waals surface area contributed by atoms with Crippen LogP contribution in [0.4, 0.5) is 0 Å². The Balaban J connectivity index is 3.35. The fourth-order valence-electron chi connectivity index (χ4n) is 11.8. The molecule has 0 saturated carbocycles. The maximum absolute atomic E-state index is 12.5. The Bertz CT molecular complexity index is 1270. The average Bonchev–Trinajstić information content (AvgIpc) is 3.47. The number of hydrogen-bond donors (Lipinski definition) is 3. The molecule has 6 heteroatoms. The molecular formula is C75H145NO5. The SMILES string of the molecule is CCCC/C=C\CCCCCCCC(=O)OCCCCCCCCCCCCCCCCCCCCCCCCCCCCCCCCCCC(=O)NC(CO)C(O)/C=C/CCCCCCCCCCCCCCCCCCCCC. The number of aliphatic hydroxyl groups excluding tert-OH is 2. The van der Waals surface area contributed by atoms with Gasteiger partial charge in [-0.05, 0) is 51.4 Å². The molecule has 0 aromatic carbocycles. The summed E-state index contributed by atoms with van der Waals surface area (Å²) in [6.45, 7) is 4.91. The van der Waals surface area contributed by atoms with Crippen LogP contribution in [0, 0.1) is 0 Å². The lowest BCUT2D eigenvalue weighted by Crippen LogP contribution is -2.45. The largest absolute Gasteiger partial charge is 0.466 e. The third-order valence-corrected chi connectivity index (χ3v) is 17.5. The lowest BCUT2D eigenvalue weighted by molar-refractivity contribution is -0.143. The van der Waals surface area contributed by atoms with E-state index < -0.39 is 12.1 Å². The number of rotatable bonds is 70. The van der Waals surface area contributed by atoms with E-state index in [1.807, 2.05) is 6.08 Å². The van der Waals surface area contributed by atoms with Crippen LogP contribution in [0.25, 0.3) is 0 Å².